The fourth-order valence-corrected chi connectivity index (χ4v) is 2.39. The van der Waals surface area contributed by atoms with Crippen LogP contribution in [0.2, 0.25) is 0 Å². The first kappa shape index (κ1) is 23.1. The van der Waals surface area contributed by atoms with Gasteiger partial charge in [0, 0.05) is 26.7 Å². The third-order valence-corrected chi connectivity index (χ3v) is 3.66. The third-order valence-electron chi connectivity index (χ3n) is 3.66. The van der Waals surface area contributed by atoms with Gasteiger partial charge in [-0.05, 0) is 43.4 Å². The number of hydrogen-bond donors (Lipinski definition) is 2. The van der Waals surface area contributed by atoms with Crippen LogP contribution in [0.1, 0.15) is 32.8 Å². The highest BCUT2D eigenvalue weighted by Gasteiger charge is 2.12. The van der Waals surface area contributed by atoms with Crippen LogP contribution in [0.3, 0.4) is 0 Å². The van der Waals surface area contributed by atoms with E-state index in [0.29, 0.717) is 12.5 Å². The lowest BCUT2D eigenvalue weighted by Gasteiger charge is -2.21. The van der Waals surface area contributed by atoms with E-state index in [1.165, 1.54) is 6.07 Å². The highest BCUT2D eigenvalue weighted by atomic mass is 127. The van der Waals surface area contributed by atoms with Gasteiger partial charge in [0.05, 0.1) is 6.10 Å². The van der Waals surface area contributed by atoms with Crippen molar-refractivity contribution in [2.75, 3.05) is 26.7 Å². The molecule has 2 N–H and O–H groups in total. The Labute approximate surface area is 162 Å². The molecular weight excluding hydrogens is 420 g/mol. The highest BCUT2D eigenvalue weighted by Crippen LogP contribution is 2.09. The molecule has 1 unspecified atom stereocenters. The number of guanidine groups is 1. The predicted octanol–water partition coefficient (Wildman–Crippen LogP) is 3.60. The fourth-order valence-electron chi connectivity index (χ4n) is 2.39. The molecule has 1 aromatic carbocycles. The lowest BCUT2D eigenvalue weighted by atomic mass is 10.0. The minimum Gasteiger partial charge on any atom is -0.378 e. The zero-order valence-electron chi connectivity index (χ0n) is 15.1. The van der Waals surface area contributed by atoms with Crippen molar-refractivity contribution in [3.63, 3.8) is 0 Å². The van der Waals surface area contributed by atoms with Gasteiger partial charge in [-0.15, -0.1) is 24.0 Å². The molecule has 1 rings (SSSR count). The van der Waals surface area contributed by atoms with Crippen LogP contribution in [0.15, 0.2) is 29.3 Å². The number of rotatable bonds is 9. The molecule has 0 aromatic heterocycles. The average molecular weight is 451 g/mol. The van der Waals surface area contributed by atoms with Crippen molar-refractivity contribution in [1.82, 2.24) is 10.6 Å². The zero-order valence-corrected chi connectivity index (χ0v) is 17.5. The van der Waals surface area contributed by atoms with E-state index in [0.717, 1.165) is 37.5 Å². The number of benzene rings is 1. The van der Waals surface area contributed by atoms with Gasteiger partial charge in [-0.25, -0.2) is 4.39 Å². The molecular formula is C18H31FIN3O. The topological polar surface area (TPSA) is 45.6 Å². The van der Waals surface area contributed by atoms with Crippen LogP contribution in [-0.4, -0.2) is 38.8 Å². The van der Waals surface area contributed by atoms with E-state index in [1.807, 2.05) is 13.0 Å². The summed E-state index contributed by atoms with van der Waals surface area (Å²) in [5.74, 6) is 1.07. The number of nitrogens with one attached hydrogen (secondary N) is 2. The lowest BCUT2D eigenvalue weighted by Crippen LogP contribution is -2.40. The van der Waals surface area contributed by atoms with Gasteiger partial charge in [-0.3, -0.25) is 4.99 Å². The molecule has 0 aliphatic carbocycles. The van der Waals surface area contributed by atoms with Gasteiger partial charge in [0.15, 0.2) is 5.96 Å². The second kappa shape index (κ2) is 13.4. The second-order valence-electron chi connectivity index (χ2n) is 5.83. The Kier molecular flexibility index (Phi) is 12.9. The summed E-state index contributed by atoms with van der Waals surface area (Å²) in [7, 11) is 1.75. The number of ether oxygens (including phenoxy) is 1. The minimum absolute atomic E-state index is 0. The van der Waals surface area contributed by atoms with Crippen molar-refractivity contribution < 1.29 is 9.13 Å². The first-order valence-corrected chi connectivity index (χ1v) is 8.37. The molecule has 0 aliphatic heterocycles. The maximum Gasteiger partial charge on any atom is 0.190 e. The molecule has 0 aliphatic rings. The van der Waals surface area contributed by atoms with Crippen LogP contribution in [0.25, 0.3) is 0 Å². The van der Waals surface area contributed by atoms with E-state index in [9.17, 15) is 4.39 Å². The Morgan fingerprint density at radius 3 is 2.54 bits per heavy atom. The monoisotopic (exact) mass is 451 g/mol. The molecule has 0 radical (unpaired) electrons. The van der Waals surface area contributed by atoms with Crippen LogP contribution >= 0.6 is 24.0 Å². The summed E-state index contributed by atoms with van der Waals surface area (Å²) in [6.45, 7) is 8.63. The SMILES string of the molecule is CCOC(CCNC(=NC)NCCc1cccc(F)c1)C(C)C.I. The Morgan fingerprint density at radius 2 is 1.96 bits per heavy atom. The maximum atomic E-state index is 13.1. The molecule has 0 fully saturated rings. The van der Waals surface area contributed by atoms with Gasteiger partial charge < -0.3 is 15.4 Å². The first-order valence-electron chi connectivity index (χ1n) is 8.37. The van der Waals surface area contributed by atoms with Gasteiger partial charge in [-0.2, -0.15) is 0 Å². The van der Waals surface area contributed by atoms with Gasteiger partial charge in [0.2, 0.25) is 0 Å². The Hall–Kier alpha value is -0.890. The summed E-state index contributed by atoms with van der Waals surface area (Å²) >= 11 is 0. The van der Waals surface area contributed by atoms with Crippen molar-refractivity contribution in [1.29, 1.82) is 0 Å². The summed E-state index contributed by atoms with van der Waals surface area (Å²) in [6.07, 6.45) is 1.96. The van der Waals surface area contributed by atoms with Gasteiger partial charge in [0.1, 0.15) is 5.82 Å². The van der Waals surface area contributed by atoms with Crippen molar-refractivity contribution >= 4 is 29.9 Å². The van der Waals surface area contributed by atoms with Gasteiger partial charge in [0.25, 0.3) is 0 Å². The van der Waals surface area contributed by atoms with E-state index < -0.39 is 0 Å². The van der Waals surface area contributed by atoms with Crippen LogP contribution in [0, 0.1) is 11.7 Å². The summed E-state index contributed by atoms with van der Waals surface area (Å²) < 4.78 is 18.9. The molecule has 0 amide bonds. The molecule has 4 nitrogen and oxygen atoms in total. The average Bonchev–Trinajstić information content (AvgIpc) is 2.52. The Morgan fingerprint density at radius 1 is 1.25 bits per heavy atom. The van der Waals surface area contributed by atoms with Crippen LogP contribution in [-0.2, 0) is 11.2 Å². The van der Waals surface area contributed by atoms with Crippen molar-refractivity contribution in [2.24, 2.45) is 10.9 Å². The van der Waals surface area contributed by atoms with E-state index in [-0.39, 0.29) is 35.9 Å². The quantitative estimate of drug-likeness (QED) is 0.343. The maximum absolute atomic E-state index is 13.1. The molecule has 138 valence electrons. The van der Waals surface area contributed by atoms with Gasteiger partial charge >= 0.3 is 0 Å². The van der Waals surface area contributed by atoms with E-state index >= 15 is 0 Å². The van der Waals surface area contributed by atoms with E-state index in [2.05, 4.69) is 29.5 Å². The highest BCUT2D eigenvalue weighted by molar-refractivity contribution is 14.0. The van der Waals surface area contributed by atoms with Crippen LogP contribution in [0.5, 0.6) is 0 Å². The molecule has 0 heterocycles. The number of hydrogen-bond acceptors (Lipinski definition) is 2. The van der Waals surface area contributed by atoms with E-state index in [1.54, 1.807) is 19.2 Å². The van der Waals surface area contributed by atoms with E-state index in [4.69, 9.17) is 4.74 Å². The van der Waals surface area contributed by atoms with Gasteiger partial charge in [-0.1, -0.05) is 26.0 Å². The van der Waals surface area contributed by atoms with Crippen LogP contribution in [0.4, 0.5) is 4.39 Å². The third kappa shape index (κ3) is 9.42. The zero-order chi connectivity index (χ0) is 17.1. The van der Waals surface area contributed by atoms with Crippen molar-refractivity contribution in [3.05, 3.63) is 35.6 Å². The summed E-state index contributed by atoms with van der Waals surface area (Å²) in [5, 5.41) is 6.54. The number of nitrogens with zero attached hydrogens (tertiary/aromatic N) is 1. The molecule has 0 saturated heterocycles. The predicted molar refractivity (Wildman–Crippen MR) is 110 cm³/mol. The second-order valence-corrected chi connectivity index (χ2v) is 5.83. The first-order chi connectivity index (χ1) is 11.1. The largest absolute Gasteiger partial charge is 0.378 e. The molecule has 0 spiro atoms. The fraction of sp³-hybridized carbons (Fsp3) is 0.611. The number of halogens is 2. The lowest BCUT2D eigenvalue weighted by molar-refractivity contribution is 0.0258. The Balaban J connectivity index is 0.00000529. The van der Waals surface area contributed by atoms with Crippen molar-refractivity contribution in [2.45, 2.75) is 39.7 Å². The molecule has 1 aromatic rings. The number of aliphatic imine (C=N–C) groups is 1. The Bertz CT molecular complexity index is 483. The summed E-state index contributed by atoms with van der Waals surface area (Å²) in [5.41, 5.74) is 0.976. The molecule has 1 atom stereocenters. The molecule has 0 bridgehead atoms. The van der Waals surface area contributed by atoms with Crippen molar-refractivity contribution in [3.8, 4) is 0 Å². The minimum atomic E-state index is -0.194. The summed E-state index contributed by atoms with van der Waals surface area (Å²) in [4.78, 5) is 4.20. The molecule has 0 saturated carbocycles. The molecule has 24 heavy (non-hydrogen) atoms. The normalized spacial score (nSPS) is 12.7. The summed E-state index contributed by atoms with van der Waals surface area (Å²) in [6, 6.07) is 6.68. The van der Waals surface area contributed by atoms with Crippen LogP contribution < -0.4 is 10.6 Å². The smallest absolute Gasteiger partial charge is 0.190 e. The molecule has 6 heteroatoms. The standard InChI is InChI=1S/C18H30FN3O.HI/c1-5-23-17(14(2)3)10-12-22-18(20-4)21-11-9-15-7-6-8-16(19)13-15;/h6-8,13-14,17H,5,9-12H2,1-4H3,(H2,20,21,22);1H.